The highest BCUT2D eigenvalue weighted by atomic mass is 16.5. The van der Waals surface area contributed by atoms with Gasteiger partial charge in [0.15, 0.2) is 0 Å². The number of hydroxylamine groups is 2. The van der Waals surface area contributed by atoms with Crippen molar-refractivity contribution in [1.82, 2.24) is 14.9 Å². The standard InChI is InChI=1S/C10H25N3O.C2H6/c1-11(2)7-5-9-13(14)10-6-8-12(3)4;1-2/h14H,5-10H2,1-4H3;1-2H3. The van der Waals surface area contributed by atoms with E-state index in [4.69, 9.17) is 0 Å². The van der Waals surface area contributed by atoms with Crippen molar-refractivity contribution < 1.29 is 5.21 Å². The maximum absolute atomic E-state index is 9.47. The van der Waals surface area contributed by atoms with Crippen LogP contribution in [0.3, 0.4) is 0 Å². The fraction of sp³-hybridized carbons (Fsp3) is 1.00. The molecule has 0 aliphatic rings. The van der Waals surface area contributed by atoms with E-state index in [2.05, 4.69) is 9.80 Å². The van der Waals surface area contributed by atoms with Gasteiger partial charge in [-0.1, -0.05) is 13.8 Å². The topological polar surface area (TPSA) is 30.0 Å². The minimum absolute atomic E-state index is 0.769. The molecular formula is C12H31N3O. The fourth-order valence-electron chi connectivity index (χ4n) is 1.25. The highest BCUT2D eigenvalue weighted by molar-refractivity contribution is 4.51. The molecule has 16 heavy (non-hydrogen) atoms. The predicted molar refractivity (Wildman–Crippen MR) is 71.0 cm³/mol. The lowest BCUT2D eigenvalue weighted by Crippen LogP contribution is -2.27. The number of hydrogen-bond acceptors (Lipinski definition) is 4. The summed E-state index contributed by atoms with van der Waals surface area (Å²) in [5.41, 5.74) is 0. The van der Waals surface area contributed by atoms with E-state index in [1.54, 1.807) is 0 Å². The smallest absolute Gasteiger partial charge is 0.0250 e. The van der Waals surface area contributed by atoms with E-state index in [0.29, 0.717) is 0 Å². The summed E-state index contributed by atoms with van der Waals surface area (Å²) in [6, 6.07) is 0. The Morgan fingerprint density at radius 1 is 0.688 bits per heavy atom. The molecule has 0 amide bonds. The van der Waals surface area contributed by atoms with Crippen LogP contribution in [-0.4, -0.2) is 74.4 Å². The van der Waals surface area contributed by atoms with Gasteiger partial charge < -0.3 is 15.0 Å². The van der Waals surface area contributed by atoms with Crippen LogP contribution in [0, 0.1) is 0 Å². The van der Waals surface area contributed by atoms with Crippen molar-refractivity contribution in [3.8, 4) is 0 Å². The Kier molecular flexibility index (Phi) is 14.7. The van der Waals surface area contributed by atoms with Gasteiger partial charge in [-0.15, -0.1) is 0 Å². The van der Waals surface area contributed by atoms with Crippen molar-refractivity contribution in [2.45, 2.75) is 26.7 Å². The SMILES string of the molecule is CC.CN(C)CCCN(O)CCCN(C)C. The largest absolute Gasteiger partial charge is 0.314 e. The van der Waals surface area contributed by atoms with Gasteiger partial charge in [-0.2, -0.15) is 5.06 Å². The molecule has 0 aromatic heterocycles. The first kappa shape index (κ1) is 18.2. The van der Waals surface area contributed by atoms with Crippen LogP contribution in [0.15, 0.2) is 0 Å². The average Bonchev–Trinajstić information content (AvgIpc) is 2.19. The Bertz CT molecular complexity index is 115. The van der Waals surface area contributed by atoms with Crippen molar-refractivity contribution in [1.29, 1.82) is 0 Å². The van der Waals surface area contributed by atoms with Crippen LogP contribution < -0.4 is 0 Å². The third kappa shape index (κ3) is 16.3. The van der Waals surface area contributed by atoms with Gasteiger partial charge in [0.2, 0.25) is 0 Å². The molecule has 100 valence electrons. The third-order valence-corrected chi connectivity index (χ3v) is 2.04. The summed E-state index contributed by atoms with van der Waals surface area (Å²) in [4.78, 5) is 4.27. The minimum atomic E-state index is 0.769. The van der Waals surface area contributed by atoms with Gasteiger partial charge in [-0.05, 0) is 54.1 Å². The molecule has 0 aromatic rings. The number of nitrogens with zero attached hydrogens (tertiary/aromatic N) is 3. The Morgan fingerprint density at radius 2 is 1.00 bits per heavy atom. The van der Waals surface area contributed by atoms with Gasteiger partial charge in [0, 0.05) is 13.1 Å². The van der Waals surface area contributed by atoms with E-state index in [0.717, 1.165) is 39.0 Å². The highest BCUT2D eigenvalue weighted by Gasteiger charge is 2.00. The molecule has 0 aliphatic heterocycles. The summed E-state index contributed by atoms with van der Waals surface area (Å²) in [5, 5.41) is 10.9. The van der Waals surface area contributed by atoms with Crippen LogP contribution in [-0.2, 0) is 0 Å². The van der Waals surface area contributed by atoms with E-state index in [1.165, 1.54) is 5.06 Å². The zero-order valence-electron chi connectivity index (χ0n) is 12.0. The van der Waals surface area contributed by atoms with Crippen LogP contribution in [0.1, 0.15) is 26.7 Å². The summed E-state index contributed by atoms with van der Waals surface area (Å²) in [6.45, 7) is 7.60. The Hall–Kier alpha value is -0.160. The van der Waals surface area contributed by atoms with E-state index >= 15 is 0 Å². The molecule has 0 fully saturated rings. The van der Waals surface area contributed by atoms with Gasteiger partial charge >= 0.3 is 0 Å². The normalized spacial score (nSPS) is 10.9. The van der Waals surface area contributed by atoms with Crippen LogP contribution >= 0.6 is 0 Å². The second-order valence-electron chi connectivity index (χ2n) is 4.27. The molecular weight excluding hydrogens is 202 g/mol. The zero-order valence-corrected chi connectivity index (χ0v) is 12.0. The monoisotopic (exact) mass is 233 g/mol. The van der Waals surface area contributed by atoms with Crippen LogP contribution in [0.5, 0.6) is 0 Å². The molecule has 0 unspecified atom stereocenters. The summed E-state index contributed by atoms with van der Waals surface area (Å²) >= 11 is 0. The summed E-state index contributed by atoms with van der Waals surface area (Å²) < 4.78 is 0. The van der Waals surface area contributed by atoms with E-state index in [1.807, 2.05) is 42.0 Å². The molecule has 0 saturated carbocycles. The summed E-state index contributed by atoms with van der Waals surface area (Å²) in [7, 11) is 8.20. The molecule has 0 radical (unpaired) electrons. The molecule has 0 saturated heterocycles. The van der Waals surface area contributed by atoms with Gasteiger partial charge in [-0.25, -0.2) is 0 Å². The van der Waals surface area contributed by atoms with E-state index in [-0.39, 0.29) is 0 Å². The zero-order chi connectivity index (χ0) is 13.0. The second kappa shape index (κ2) is 12.9. The molecule has 0 bridgehead atoms. The number of hydrogen-bond donors (Lipinski definition) is 1. The van der Waals surface area contributed by atoms with Crippen molar-refractivity contribution in [3.63, 3.8) is 0 Å². The van der Waals surface area contributed by atoms with Crippen molar-refractivity contribution >= 4 is 0 Å². The van der Waals surface area contributed by atoms with Gasteiger partial charge in [0.1, 0.15) is 0 Å². The molecule has 0 atom stereocenters. The molecule has 4 heteroatoms. The van der Waals surface area contributed by atoms with Crippen molar-refractivity contribution in [3.05, 3.63) is 0 Å². The lowest BCUT2D eigenvalue weighted by molar-refractivity contribution is -0.0931. The first-order valence-electron chi connectivity index (χ1n) is 6.25. The fourth-order valence-corrected chi connectivity index (χ4v) is 1.25. The molecule has 4 nitrogen and oxygen atoms in total. The summed E-state index contributed by atoms with van der Waals surface area (Å²) in [6.07, 6.45) is 2.04. The Labute approximate surface area is 102 Å². The first-order chi connectivity index (χ1) is 7.52. The van der Waals surface area contributed by atoms with Gasteiger partial charge in [0.25, 0.3) is 0 Å². The van der Waals surface area contributed by atoms with Crippen LogP contribution in [0.25, 0.3) is 0 Å². The molecule has 0 aromatic carbocycles. The molecule has 0 spiro atoms. The third-order valence-electron chi connectivity index (χ3n) is 2.04. The highest BCUT2D eigenvalue weighted by Crippen LogP contribution is 1.92. The Balaban J connectivity index is 0. The number of rotatable bonds is 8. The predicted octanol–water partition coefficient (Wildman–Crippen LogP) is 1.61. The van der Waals surface area contributed by atoms with Crippen LogP contribution in [0.2, 0.25) is 0 Å². The summed E-state index contributed by atoms with van der Waals surface area (Å²) in [5.74, 6) is 0. The maximum atomic E-state index is 9.47. The Morgan fingerprint density at radius 3 is 1.25 bits per heavy atom. The molecule has 1 N–H and O–H groups in total. The first-order valence-corrected chi connectivity index (χ1v) is 6.25. The van der Waals surface area contributed by atoms with E-state index in [9.17, 15) is 5.21 Å². The molecule has 0 heterocycles. The van der Waals surface area contributed by atoms with Crippen LogP contribution in [0.4, 0.5) is 0 Å². The molecule has 0 rings (SSSR count). The van der Waals surface area contributed by atoms with Gasteiger partial charge in [-0.3, -0.25) is 0 Å². The lowest BCUT2D eigenvalue weighted by Gasteiger charge is -2.17. The lowest BCUT2D eigenvalue weighted by atomic mass is 10.3. The van der Waals surface area contributed by atoms with E-state index < -0.39 is 0 Å². The quantitative estimate of drug-likeness (QED) is 0.645. The second-order valence-corrected chi connectivity index (χ2v) is 4.27. The van der Waals surface area contributed by atoms with Gasteiger partial charge in [0.05, 0.1) is 0 Å². The maximum Gasteiger partial charge on any atom is 0.0250 e. The minimum Gasteiger partial charge on any atom is -0.314 e. The average molecular weight is 233 g/mol. The molecule has 0 aliphatic carbocycles. The van der Waals surface area contributed by atoms with Crippen molar-refractivity contribution in [2.24, 2.45) is 0 Å². The van der Waals surface area contributed by atoms with Crippen molar-refractivity contribution in [2.75, 3.05) is 54.4 Å².